The number of aliphatic hydroxyl groups is 4. The van der Waals surface area contributed by atoms with Crippen molar-refractivity contribution in [2.75, 3.05) is 39.9 Å². The van der Waals surface area contributed by atoms with Crippen LogP contribution in [0.2, 0.25) is 0 Å². The molecule has 4 rings (SSSR count). The number of allylic oxidation sites excluding steroid dienone is 1. The van der Waals surface area contributed by atoms with Crippen molar-refractivity contribution in [2.24, 2.45) is 0 Å². The first kappa shape index (κ1) is 56.6. The van der Waals surface area contributed by atoms with Gasteiger partial charge in [0.05, 0.1) is 30.3 Å². The van der Waals surface area contributed by atoms with Crippen LogP contribution in [-0.4, -0.2) is 179 Å². The maximum Gasteiger partial charge on any atom is 0.410 e. The number of likely N-dealkylation sites (N-methyl/N-ethyl adjacent to an activating group) is 1. The highest BCUT2D eigenvalue weighted by atomic mass is 16.7. The minimum absolute atomic E-state index is 0.00165. The number of ether oxygens (including phenoxy) is 8. The third-order valence-electron chi connectivity index (χ3n) is 10.8. The van der Waals surface area contributed by atoms with Crippen LogP contribution in [0.5, 0.6) is 0 Å². The lowest BCUT2D eigenvalue weighted by Gasteiger charge is -2.50. The fourth-order valence-electron chi connectivity index (χ4n) is 7.78. The summed E-state index contributed by atoms with van der Waals surface area (Å²) in [5, 5.41) is 57.7. The van der Waals surface area contributed by atoms with Crippen molar-refractivity contribution in [1.29, 1.82) is 0 Å². The van der Waals surface area contributed by atoms with Crippen LogP contribution in [0.4, 0.5) is 14.4 Å². The van der Waals surface area contributed by atoms with E-state index in [1.165, 1.54) is 14.0 Å². The second-order valence-corrected chi connectivity index (χ2v) is 20.6. The van der Waals surface area contributed by atoms with E-state index in [1.54, 1.807) is 98.7 Å². The van der Waals surface area contributed by atoms with Gasteiger partial charge in [0.25, 0.3) is 5.95 Å². The minimum Gasteiger partial charge on any atom is -0.461 e. The molecule has 1 aliphatic carbocycles. The number of rotatable bonds is 17. The second kappa shape index (κ2) is 24.2. The van der Waals surface area contributed by atoms with E-state index in [0.717, 1.165) is 4.90 Å². The first-order valence-corrected chi connectivity index (χ1v) is 23.3. The van der Waals surface area contributed by atoms with Crippen LogP contribution in [0.25, 0.3) is 0 Å². The van der Waals surface area contributed by atoms with Crippen molar-refractivity contribution in [3.8, 4) is 0 Å². The normalized spacial score (nSPS) is 27.8. The Hall–Kier alpha value is -4.97. The molecule has 1 aromatic carbocycles. The molecule has 22 heteroatoms. The predicted molar refractivity (Wildman–Crippen MR) is 246 cm³/mol. The van der Waals surface area contributed by atoms with E-state index in [2.05, 4.69) is 21.3 Å². The Bertz CT molecular complexity index is 1900. The topological polar surface area (TPSA) is 291 Å². The summed E-state index contributed by atoms with van der Waals surface area (Å²) in [4.78, 5) is 65.9. The molecule has 5 unspecified atom stereocenters. The van der Waals surface area contributed by atoms with Crippen molar-refractivity contribution in [3.05, 3.63) is 47.9 Å². The summed E-state index contributed by atoms with van der Waals surface area (Å²) in [5.74, 6) is -1.40. The Labute approximate surface area is 404 Å². The molecule has 0 radical (unpaired) electrons. The van der Waals surface area contributed by atoms with E-state index in [4.69, 9.17) is 37.9 Å². The van der Waals surface area contributed by atoms with Gasteiger partial charge in [-0.2, -0.15) is 0 Å². The average molecular weight is 982 g/mol. The molecule has 390 valence electrons. The number of hydrogen-bond acceptors (Lipinski definition) is 18. The van der Waals surface area contributed by atoms with Gasteiger partial charge in [0.1, 0.15) is 59.5 Å². The third-order valence-corrected chi connectivity index (χ3v) is 10.8. The number of aliphatic hydroxyl groups excluding tert-OH is 3. The first-order chi connectivity index (χ1) is 32.0. The van der Waals surface area contributed by atoms with Crippen molar-refractivity contribution >= 4 is 30.2 Å². The summed E-state index contributed by atoms with van der Waals surface area (Å²) >= 11 is 0. The molecule has 1 saturated heterocycles. The number of nitrogens with zero attached hydrogens (tertiary/aromatic N) is 1. The highest BCUT2D eigenvalue weighted by Gasteiger charge is 2.55. The fraction of sp³-hybridized carbons (Fsp3) is 0.723. The van der Waals surface area contributed by atoms with Gasteiger partial charge in [-0.05, 0) is 113 Å². The smallest absolute Gasteiger partial charge is 0.410 e. The van der Waals surface area contributed by atoms with Crippen molar-refractivity contribution < 1.29 is 82.3 Å². The Morgan fingerprint density at radius 3 is 2.12 bits per heavy atom. The summed E-state index contributed by atoms with van der Waals surface area (Å²) in [6.07, 6.45) is -10.6. The number of benzene rings is 1. The van der Waals surface area contributed by atoms with E-state index < -0.39 is 120 Å². The zero-order valence-corrected chi connectivity index (χ0v) is 41.6. The molecule has 4 amide bonds. The van der Waals surface area contributed by atoms with Gasteiger partial charge in [-0.1, -0.05) is 18.2 Å². The molecule has 0 bridgehead atoms. The number of esters is 1. The van der Waals surface area contributed by atoms with Gasteiger partial charge < -0.3 is 84.5 Å². The molecular formula is C47H75N5O17. The number of hydrogen-bond donors (Lipinski definition) is 8. The molecule has 0 aromatic heterocycles. The van der Waals surface area contributed by atoms with E-state index in [-0.39, 0.29) is 31.9 Å². The van der Waals surface area contributed by atoms with Gasteiger partial charge in [0.15, 0.2) is 12.4 Å². The zero-order chi connectivity index (χ0) is 51.5. The number of alkyl carbamates (subject to hydrolysis) is 2. The number of carbonyl (C=O) groups excluding carboxylic acids is 5. The first-order valence-electron chi connectivity index (χ1n) is 23.3. The van der Waals surface area contributed by atoms with Gasteiger partial charge in [0.2, 0.25) is 5.91 Å². The SMILES string of the molecule is CN(C(=O)OC(C)(C)C)[C@@H]1C(O)[C@@H](OC2C(O)C(OC3=CCC[C@@H](CNCCOC(=O)c4ccccc4)O3)[C@@H](NC(=O)OC(C)(C)C)C[C@H]2NC(=O)[C@@H](O)CCNC(=O)OC(C)(C)C)OCC1(C)O. The molecule has 69 heavy (non-hydrogen) atoms. The molecule has 0 spiro atoms. The van der Waals surface area contributed by atoms with E-state index in [0.29, 0.717) is 31.5 Å². The molecule has 2 fully saturated rings. The maximum absolute atomic E-state index is 13.7. The summed E-state index contributed by atoms with van der Waals surface area (Å²) < 4.78 is 46.4. The highest BCUT2D eigenvalue weighted by molar-refractivity contribution is 5.89. The van der Waals surface area contributed by atoms with Crippen LogP contribution in [0, 0.1) is 0 Å². The van der Waals surface area contributed by atoms with Crippen molar-refractivity contribution in [1.82, 2.24) is 26.2 Å². The molecule has 2 aliphatic heterocycles. The lowest BCUT2D eigenvalue weighted by atomic mass is 9.83. The van der Waals surface area contributed by atoms with Gasteiger partial charge >= 0.3 is 24.2 Å². The number of nitrogens with one attached hydrogen (secondary N) is 4. The second-order valence-electron chi connectivity index (χ2n) is 20.6. The van der Waals surface area contributed by atoms with E-state index in [9.17, 15) is 44.4 Å². The Morgan fingerprint density at radius 1 is 0.855 bits per heavy atom. The number of amides is 4. The van der Waals surface area contributed by atoms with Crippen LogP contribution >= 0.6 is 0 Å². The lowest BCUT2D eigenvalue weighted by Crippen LogP contribution is -2.70. The average Bonchev–Trinajstić information content (AvgIpc) is 3.22. The number of carbonyl (C=O) groups is 5. The third kappa shape index (κ3) is 18.1. The van der Waals surface area contributed by atoms with Crippen LogP contribution in [-0.2, 0) is 42.7 Å². The van der Waals surface area contributed by atoms with E-state index in [1.807, 2.05) is 0 Å². The quantitative estimate of drug-likeness (QED) is 0.0631. The van der Waals surface area contributed by atoms with Crippen LogP contribution in [0.1, 0.15) is 105 Å². The van der Waals surface area contributed by atoms with Gasteiger partial charge in [-0.3, -0.25) is 4.79 Å². The molecule has 11 atom stereocenters. The van der Waals surface area contributed by atoms with Gasteiger partial charge in [-0.15, -0.1) is 0 Å². The maximum atomic E-state index is 13.7. The Kier molecular flexibility index (Phi) is 19.9. The summed E-state index contributed by atoms with van der Waals surface area (Å²) in [7, 11) is 1.33. The Morgan fingerprint density at radius 2 is 1.48 bits per heavy atom. The van der Waals surface area contributed by atoms with Crippen molar-refractivity contribution in [2.45, 2.75) is 178 Å². The molecular weight excluding hydrogens is 907 g/mol. The van der Waals surface area contributed by atoms with Gasteiger partial charge in [0, 0.05) is 26.7 Å². The predicted octanol–water partition coefficient (Wildman–Crippen LogP) is 2.35. The van der Waals surface area contributed by atoms with Crippen LogP contribution in [0.3, 0.4) is 0 Å². The summed E-state index contributed by atoms with van der Waals surface area (Å²) in [6.45, 7) is 16.4. The van der Waals surface area contributed by atoms with Crippen LogP contribution in [0.15, 0.2) is 42.4 Å². The van der Waals surface area contributed by atoms with Gasteiger partial charge in [-0.25, -0.2) is 19.2 Å². The van der Waals surface area contributed by atoms with Crippen molar-refractivity contribution in [3.63, 3.8) is 0 Å². The molecule has 8 N–H and O–H groups in total. The highest BCUT2D eigenvalue weighted by Crippen LogP contribution is 2.35. The molecule has 1 aromatic rings. The standard InChI is InChI=1S/C47H75N5O17/c1-44(2,3)67-41(58)49-21-20-31(53)38(56)50-29-24-30(51-42(59)68-45(4,5)6)35(65-32-19-15-18-28(64-32)25-48-22-23-62-39(57)27-16-13-12-14-17-27)33(54)36(29)66-40-34(55)37(47(10,61)26-63-40)52(11)43(60)69-46(7,8)9/h12-14,16-17,19,28-31,33-37,40,48,53-55,61H,15,18,20-26H2,1-11H3,(H,49,58)(H,50,56)(H,51,59)/t28-,29+,30-,31-,33?,34?,35?,36?,37+,40+,47?/m0/s1. The van der Waals surface area contributed by atoms with E-state index >= 15 is 0 Å². The summed E-state index contributed by atoms with van der Waals surface area (Å²) in [6, 6.07) is 4.80. The minimum atomic E-state index is -1.84. The lowest BCUT2D eigenvalue weighted by molar-refractivity contribution is -0.307. The monoisotopic (exact) mass is 982 g/mol. The molecule has 1 saturated carbocycles. The molecule has 3 aliphatic rings. The molecule has 2 heterocycles. The van der Waals surface area contributed by atoms with Crippen LogP contribution < -0.4 is 21.3 Å². The largest absolute Gasteiger partial charge is 0.461 e. The fourth-order valence-corrected chi connectivity index (χ4v) is 7.78. The Balaban J connectivity index is 1.58. The zero-order valence-electron chi connectivity index (χ0n) is 41.6. The molecule has 22 nitrogen and oxygen atoms in total. The summed E-state index contributed by atoms with van der Waals surface area (Å²) in [5.41, 5.74) is -4.07.